The van der Waals surface area contributed by atoms with Crippen LogP contribution in [0.1, 0.15) is 143 Å². The molecule has 0 aliphatic carbocycles. The van der Waals surface area contributed by atoms with Gasteiger partial charge in [0.15, 0.2) is 0 Å². The molecule has 1 rings (SSSR count). The third kappa shape index (κ3) is 13.3. The Labute approximate surface area is 184 Å². The van der Waals surface area contributed by atoms with Crippen molar-refractivity contribution in [3.63, 3.8) is 0 Å². The lowest BCUT2D eigenvalue weighted by molar-refractivity contribution is 0.138. The van der Waals surface area contributed by atoms with E-state index in [0.29, 0.717) is 6.17 Å². The monoisotopic (exact) mass is 406 g/mol. The van der Waals surface area contributed by atoms with E-state index in [4.69, 9.17) is 0 Å². The first kappa shape index (κ1) is 26.4. The molecule has 1 aliphatic rings. The van der Waals surface area contributed by atoms with Gasteiger partial charge in [0.1, 0.15) is 6.17 Å². The van der Waals surface area contributed by atoms with Gasteiger partial charge in [-0.1, -0.05) is 124 Å². The third-order valence-electron chi connectivity index (χ3n) is 6.55. The van der Waals surface area contributed by atoms with Crippen LogP contribution in [0, 0.1) is 0 Å². The zero-order valence-electron chi connectivity index (χ0n) is 20.5. The molecule has 0 bridgehead atoms. The number of rotatable bonds is 21. The highest BCUT2D eigenvalue weighted by Crippen LogP contribution is 2.22. The van der Waals surface area contributed by atoms with Crippen molar-refractivity contribution >= 4 is 0 Å². The summed E-state index contributed by atoms with van der Waals surface area (Å²) < 4.78 is 0. The Morgan fingerprint density at radius 2 is 0.793 bits per heavy atom. The van der Waals surface area contributed by atoms with E-state index in [1.807, 2.05) is 0 Å². The minimum absolute atomic E-state index is 0.638. The summed E-state index contributed by atoms with van der Waals surface area (Å²) in [4.78, 5) is 5.22. The van der Waals surface area contributed by atoms with Crippen molar-refractivity contribution in [3.8, 4) is 0 Å². The summed E-state index contributed by atoms with van der Waals surface area (Å²) in [5.74, 6) is 0. The van der Waals surface area contributed by atoms with Crippen LogP contribution in [-0.2, 0) is 0 Å². The summed E-state index contributed by atoms with van der Waals surface area (Å²) in [6.45, 7) is 9.42. The van der Waals surface area contributed by atoms with Crippen molar-refractivity contribution in [1.82, 2.24) is 9.80 Å². The molecular weight excluding hydrogens is 352 g/mol. The van der Waals surface area contributed by atoms with Gasteiger partial charge in [-0.05, 0) is 19.3 Å². The fourth-order valence-electron chi connectivity index (χ4n) is 4.63. The maximum absolute atomic E-state index is 2.62. The van der Waals surface area contributed by atoms with Crippen molar-refractivity contribution < 1.29 is 0 Å². The fraction of sp³-hybridized carbons (Fsp3) is 0.926. The van der Waals surface area contributed by atoms with Gasteiger partial charge in [0.05, 0.1) is 0 Å². The predicted octanol–water partition coefficient (Wildman–Crippen LogP) is 8.87. The van der Waals surface area contributed by atoms with Gasteiger partial charge in [0.25, 0.3) is 0 Å². The molecule has 29 heavy (non-hydrogen) atoms. The molecule has 2 nitrogen and oxygen atoms in total. The number of hydrogen-bond acceptors (Lipinski definition) is 2. The molecule has 0 aromatic rings. The third-order valence-corrected chi connectivity index (χ3v) is 6.55. The lowest BCUT2D eigenvalue weighted by Crippen LogP contribution is -2.39. The summed E-state index contributed by atoms with van der Waals surface area (Å²) in [5, 5.41) is 0. The Balaban J connectivity index is 1.95. The van der Waals surface area contributed by atoms with Crippen molar-refractivity contribution in [2.45, 2.75) is 149 Å². The molecule has 2 heteroatoms. The normalized spacial score (nSPS) is 16.3. The second kappa shape index (κ2) is 19.3. The molecule has 1 unspecified atom stereocenters. The lowest BCUT2D eigenvalue weighted by atomic mass is 10.0. The topological polar surface area (TPSA) is 6.48 Å². The largest absolute Gasteiger partial charge is 0.356 e. The molecule has 1 aliphatic heterocycles. The Hall–Kier alpha value is -0.660. The molecule has 0 amide bonds. The van der Waals surface area contributed by atoms with Crippen LogP contribution >= 0.6 is 0 Å². The second-order valence-corrected chi connectivity index (χ2v) is 9.35. The molecule has 0 saturated heterocycles. The smallest absolute Gasteiger partial charge is 0.101 e. The minimum atomic E-state index is 0.638. The number of unbranched alkanes of at least 4 members (excludes halogenated alkanes) is 15. The van der Waals surface area contributed by atoms with E-state index < -0.39 is 0 Å². The Bertz CT molecular complexity index is 366. The van der Waals surface area contributed by atoms with Crippen LogP contribution in [0.25, 0.3) is 0 Å². The summed E-state index contributed by atoms with van der Waals surface area (Å²) in [6, 6.07) is 0. The first-order chi connectivity index (χ1) is 14.3. The Morgan fingerprint density at radius 1 is 0.448 bits per heavy atom. The van der Waals surface area contributed by atoms with E-state index in [2.05, 4.69) is 43.0 Å². The SMILES string of the molecule is CCCCCCCCCCCCCCCCN1C=CN(CCCCC)C1CCC. The van der Waals surface area contributed by atoms with Gasteiger partial charge in [-0.2, -0.15) is 0 Å². The zero-order valence-corrected chi connectivity index (χ0v) is 20.5. The highest BCUT2D eigenvalue weighted by Gasteiger charge is 2.24. The molecule has 0 fully saturated rings. The number of nitrogens with zero attached hydrogens (tertiary/aromatic N) is 2. The van der Waals surface area contributed by atoms with Gasteiger partial charge >= 0.3 is 0 Å². The maximum Gasteiger partial charge on any atom is 0.101 e. The first-order valence-electron chi connectivity index (χ1n) is 13.5. The molecule has 1 heterocycles. The van der Waals surface area contributed by atoms with Gasteiger partial charge in [0, 0.05) is 25.5 Å². The van der Waals surface area contributed by atoms with Crippen LogP contribution < -0.4 is 0 Å². The quantitative estimate of drug-likeness (QED) is 0.176. The van der Waals surface area contributed by atoms with Gasteiger partial charge in [-0.15, -0.1) is 0 Å². The van der Waals surface area contributed by atoms with Gasteiger partial charge < -0.3 is 9.80 Å². The highest BCUT2D eigenvalue weighted by molar-refractivity contribution is 4.96. The summed E-state index contributed by atoms with van der Waals surface area (Å²) in [5.41, 5.74) is 0. The average Bonchev–Trinajstić information content (AvgIpc) is 3.10. The summed E-state index contributed by atoms with van der Waals surface area (Å²) in [7, 11) is 0. The van der Waals surface area contributed by atoms with Gasteiger partial charge in [-0.25, -0.2) is 0 Å². The average molecular weight is 407 g/mol. The van der Waals surface area contributed by atoms with Crippen LogP contribution in [0.4, 0.5) is 0 Å². The Morgan fingerprint density at radius 3 is 1.21 bits per heavy atom. The zero-order chi connectivity index (χ0) is 21.0. The van der Waals surface area contributed by atoms with E-state index in [9.17, 15) is 0 Å². The van der Waals surface area contributed by atoms with Crippen LogP contribution in [0.5, 0.6) is 0 Å². The number of hydrogen-bond donors (Lipinski definition) is 0. The highest BCUT2D eigenvalue weighted by atomic mass is 15.4. The molecule has 0 aromatic carbocycles. The standard InChI is InChI=1S/C27H54N2/c1-4-7-9-10-11-12-13-14-15-16-17-18-19-21-24-29-26-25-28(23-20-8-5-2)27(29)22-6-3/h25-27H,4-24H2,1-3H3. The second-order valence-electron chi connectivity index (χ2n) is 9.35. The first-order valence-corrected chi connectivity index (χ1v) is 13.5. The van der Waals surface area contributed by atoms with E-state index in [1.54, 1.807) is 0 Å². The molecular formula is C27H54N2. The lowest BCUT2D eigenvalue weighted by Gasteiger charge is -2.33. The van der Waals surface area contributed by atoms with Crippen molar-refractivity contribution in [1.29, 1.82) is 0 Å². The molecule has 172 valence electrons. The molecule has 0 N–H and O–H groups in total. The van der Waals surface area contributed by atoms with Gasteiger partial charge in [0.2, 0.25) is 0 Å². The van der Waals surface area contributed by atoms with Crippen LogP contribution in [0.3, 0.4) is 0 Å². The van der Waals surface area contributed by atoms with Crippen LogP contribution in [0.15, 0.2) is 12.4 Å². The van der Waals surface area contributed by atoms with E-state index >= 15 is 0 Å². The maximum atomic E-state index is 2.62. The Kier molecular flexibility index (Phi) is 17.6. The van der Waals surface area contributed by atoms with Crippen molar-refractivity contribution in [3.05, 3.63) is 12.4 Å². The molecule has 0 radical (unpaired) electrons. The molecule has 0 spiro atoms. The summed E-state index contributed by atoms with van der Waals surface area (Å²) >= 11 is 0. The van der Waals surface area contributed by atoms with E-state index in [-0.39, 0.29) is 0 Å². The van der Waals surface area contributed by atoms with Crippen molar-refractivity contribution in [2.75, 3.05) is 13.1 Å². The van der Waals surface area contributed by atoms with E-state index in [1.165, 1.54) is 135 Å². The fourth-order valence-corrected chi connectivity index (χ4v) is 4.63. The molecule has 1 atom stereocenters. The minimum Gasteiger partial charge on any atom is -0.356 e. The van der Waals surface area contributed by atoms with Crippen molar-refractivity contribution in [2.24, 2.45) is 0 Å². The molecule has 0 saturated carbocycles. The molecule has 0 aromatic heterocycles. The predicted molar refractivity (Wildman–Crippen MR) is 131 cm³/mol. The van der Waals surface area contributed by atoms with Crippen LogP contribution in [-0.4, -0.2) is 29.1 Å². The van der Waals surface area contributed by atoms with Gasteiger partial charge in [-0.3, -0.25) is 0 Å². The summed E-state index contributed by atoms with van der Waals surface area (Å²) in [6.07, 6.45) is 32.2. The van der Waals surface area contributed by atoms with E-state index in [0.717, 1.165) is 0 Å². The van der Waals surface area contributed by atoms with Crippen LogP contribution in [0.2, 0.25) is 0 Å².